The highest BCUT2D eigenvalue weighted by Gasteiger charge is 2.59. The highest BCUT2D eigenvalue weighted by molar-refractivity contribution is 6.23. The number of hydrogen-bond donors (Lipinski definition) is 0. The average molecular weight is 395 g/mol. The molecule has 152 valence electrons. The van der Waals surface area contributed by atoms with Crippen LogP contribution < -0.4 is 9.80 Å². The van der Waals surface area contributed by atoms with Crippen molar-refractivity contribution in [2.24, 2.45) is 23.7 Å². The molecule has 4 unspecified atom stereocenters. The molecule has 3 aliphatic carbocycles. The number of carbonyl (C=O) groups excluding carboxylic acids is 2. The number of carbonyl (C=O) groups is 2. The van der Waals surface area contributed by atoms with E-state index >= 15 is 0 Å². The van der Waals surface area contributed by atoms with Gasteiger partial charge in [-0.2, -0.15) is 0 Å². The summed E-state index contributed by atoms with van der Waals surface area (Å²) in [6.45, 7) is 0. The van der Waals surface area contributed by atoms with Crippen LogP contribution in [-0.4, -0.2) is 29.8 Å². The zero-order valence-electron chi connectivity index (χ0n) is 16.5. The van der Waals surface area contributed by atoms with Crippen LogP contribution in [0.4, 0.5) is 17.1 Å². The van der Waals surface area contributed by atoms with Crippen LogP contribution in [0.3, 0.4) is 0 Å². The van der Waals surface area contributed by atoms with Crippen molar-refractivity contribution in [2.75, 3.05) is 16.8 Å². The SMILES string of the molecule is CN(c1ccc(N2C(=O)C3C4C=CC(C4)C3C2=O)cc1[N+](=O)[O-])C1CCCCC1. The lowest BCUT2D eigenvalue weighted by atomic mass is 9.85. The molecule has 1 aliphatic heterocycles. The van der Waals surface area contributed by atoms with Gasteiger partial charge in [-0.05, 0) is 43.2 Å². The van der Waals surface area contributed by atoms with Gasteiger partial charge < -0.3 is 4.90 Å². The molecule has 7 nitrogen and oxygen atoms in total. The van der Waals surface area contributed by atoms with Gasteiger partial charge in [-0.1, -0.05) is 31.4 Å². The minimum Gasteiger partial charge on any atom is -0.366 e. The van der Waals surface area contributed by atoms with Crippen LogP contribution in [0.15, 0.2) is 30.4 Å². The Morgan fingerprint density at radius 3 is 2.24 bits per heavy atom. The summed E-state index contributed by atoms with van der Waals surface area (Å²) in [7, 11) is 1.90. The number of nitro groups is 1. The van der Waals surface area contributed by atoms with E-state index in [1.165, 1.54) is 17.4 Å². The van der Waals surface area contributed by atoms with Crippen LogP contribution in [0.25, 0.3) is 0 Å². The van der Waals surface area contributed by atoms with E-state index in [2.05, 4.69) is 0 Å². The number of imide groups is 1. The van der Waals surface area contributed by atoms with Crippen molar-refractivity contribution in [2.45, 2.75) is 44.6 Å². The monoisotopic (exact) mass is 395 g/mol. The summed E-state index contributed by atoms with van der Waals surface area (Å²) < 4.78 is 0. The van der Waals surface area contributed by atoms with Crippen molar-refractivity contribution < 1.29 is 14.5 Å². The fourth-order valence-corrected chi connectivity index (χ4v) is 5.92. The Hall–Kier alpha value is -2.70. The van der Waals surface area contributed by atoms with Crippen LogP contribution in [0.2, 0.25) is 0 Å². The number of benzene rings is 1. The second-order valence-corrected chi connectivity index (χ2v) is 8.84. The highest BCUT2D eigenvalue weighted by atomic mass is 16.6. The lowest BCUT2D eigenvalue weighted by molar-refractivity contribution is -0.384. The minimum atomic E-state index is -0.407. The number of fused-ring (bicyclic) bond motifs is 5. The Bertz CT molecular complexity index is 891. The summed E-state index contributed by atoms with van der Waals surface area (Å²) in [5.41, 5.74) is 0.822. The van der Waals surface area contributed by atoms with E-state index in [1.807, 2.05) is 24.1 Å². The van der Waals surface area contributed by atoms with Crippen molar-refractivity contribution >= 4 is 28.9 Å². The molecular formula is C22H25N3O4. The molecule has 1 aromatic rings. The van der Waals surface area contributed by atoms with Crippen molar-refractivity contribution in [3.8, 4) is 0 Å². The number of allylic oxidation sites excluding steroid dienone is 2. The highest BCUT2D eigenvalue weighted by Crippen LogP contribution is 2.53. The third-order valence-corrected chi connectivity index (χ3v) is 7.39. The van der Waals surface area contributed by atoms with Crippen molar-refractivity contribution in [1.82, 2.24) is 0 Å². The van der Waals surface area contributed by atoms with Gasteiger partial charge in [-0.15, -0.1) is 0 Å². The first-order valence-electron chi connectivity index (χ1n) is 10.5. The molecule has 1 heterocycles. The summed E-state index contributed by atoms with van der Waals surface area (Å²) in [6.07, 6.45) is 10.5. The van der Waals surface area contributed by atoms with Gasteiger partial charge in [0.1, 0.15) is 5.69 Å². The fraction of sp³-hybridized carbons (Fsp3) is 0.545. The molecule has 1 saturated heterocycles. The van der Waals surface area contributed by atoms with E-state index in [9.17, 15) is 19.7 Å². The van der Waals surface area contributed by atoms with Crippen molar-refractivity contribution in [1.29, 1.82) is 0 Å². The molecular weight excluding hydrogens is 370 g/mol. The molecule has 4 atom stereocenters. The molecule has 5 rings (SSSR count). The summed E-state index contributed by atoms with van der Waals surface area (Å²) in [6, 6.07) is 5.07. The van der Waals surface area contributed by atoms with Gasteiger partial charge in [0.25, 0.3) is 5.69 Å². The number of anilines is 2. The zero-order valence-corrected chi connectivity index (χ0v) is 16.5. The molecule has 2 saturated carbocycles. The van der Waals surface area contributed by atoms with E-state index in [-0.39, 0.29) is 47.2 Å². The standard InChI is InChI=1S/C22H25N3O4/c1-23(15-5-3-2-4-6-15)17-10-9-16(12-18(17)25(28)29)24-21(26)19-13-7-8-14(11-13)20(19)22(24)27/h7-10,12-15,19-20H,2-6,11H2,1H3. The third kappa shape index (κ3) is 2.70. The second-order valence-electron chi connectivity index (χ2n) is 8.84. The predicted octanol–water partition coefficient (Wildman–Crippen LogP) is 3.68. The zero-order chi connectivity index (χ0) is 20.3. The molecule has 0 spiro atoms. The molecule has 1 aromatic carbocycles. The maximum Gasteiger partial charge on any atom is 0.294 e. The topological polar surface area (TPSA) is 83.8 Å². The van der Waals surface area contributed by atoms with Crippen LogP contribution >= 0.6 is 0 Å². The Labute approximate surface area is 169 Å². The van der Waals surface area contributed by atoms with Gasteiger partial charge in [0.15, 0.2) is 0 Å². The molecule has 4 aliphatic rings. The Kier molecular flexibility index (Phi) is 4.22. The molecule has 29 heavy (non-hydrogen) atoms. The molecule has 0 radical (unpaired) electrons. The lowest BCUT2D eigenvalue weighted by Gasteiger charge is -2.32. The average Bonchev–Trinajstić information content (AvgIpc) is 3.41. The van der Waals surface area contributed by atoms with Gasteiger partial charge in [-0.25, -0.2) is 4.90 Å². The first-order chi connectivity index (χ1) is 14.0. The van der Waals surface area contributed by atoms with Crippen LogP contribution in [0, 0.1) is 33.8 Å². The summed E-state index contributed by atoms with van der Waals surface area (Å²) in [5, 5.41) is 11.8. The third-order valence-electron chi connectivity index (χ3n) is 7.39. The van der Waals surface area contributed by atoms with Crippen LogP contribution in [0.5, 0.6) is 0 Å². The first kappa shape index (κ1) is 18.3. The van der Waals surface area contributed by atoms with Gasteiger partial charge in [0.05, 0.1) is 22.4 Å². The van der Waals surface area contributed by atoms with Crippen molar-refractivity contribution in [3.05, 3.63) is 40.5 Å². The number of nitro benzene ring substituents is 1. The number of nitrogens with zero attached hydrogens (tertiary/aromatic N) is 3. The maximum atomic E-state index is 13.0. The normalized spacial score (nSPS) is 30.9. The second kappa shape index (κ2) is 6.68. The van der Waals surface area contributed by atoms with Crippen molar-refractivity contribution in [3.63, 3.8) is 0 Å². The summed E-state index contributed by atoms with van der Waals surface area (Å²) in [5.74, 6) is -0.780. The Morgan fingerprint density at radius 1 is 1.03 bits per heavy atom. The quantitative estimate of drug-likeness (QED) is 0.336. The van der Waals surface area contributed by atoms with Crippen LogP contribution in [0.1, 0.15) is 38.5 Å². The minimum absolute atomic E-state index is 0.0469. The summed E-state index contributed by atoms with van der Waals surface area (Å²) >= 11 is 0. The molecule has 7 heteroatoms. The van der Waals surface area contributed by atoms with Gasteiger partial charge in [0, 0.05) is 19.2 Å². The first-order valence-corrected chi connectivity index (χ1v) is 10.5. The van der Waals surface area contributed by atoms with E-state index in [4.69, 9.17) is 0 Å². The predicted molar refractivity (Wildman–Crippen MR) is 109 cm³/mol. The lowest BCUT2D eigenvalue weighted by Crippen LogP contribution is -2.34. The maximum absolute atomic E-state index is 13.0. The van der Waals surface area contributed by atoms with E-state index < -0.39 is 4.92 Å². The summed E-state index contributed by atoms with van der Waals surface area (Å²) in [4.78, 5) is 40.7. The van der Waals surface area contributed by atoms with Gasteiger partial charge in [-0.3, -0.25) is 19.7 Å². The molecule has 0 aromatic heterocycles. The smallest absolute Gasteiger partial charge is 0.294 e. The molecule has 3 fully saturated rings. The van der Waals surface area contributed by atoms with E-state index in [0.717, 1.165) is 32.1 Å². The van der Waals surface area contributed by atoms with E-state index in [1.54, 1.807) is 12.1 Å². The molecule has 2 bridgehead atoms. The van der Waals surface area contributed by atoms with Gasteiger partial charge >= 0.3 is 0 Å². The van der Waals surface area contributed by atoms with E-state index in [0.29, 0.717) is 11.4 Å². The largest absolute Gasteiger partial charge is 0.366 e. The number of amides is 2. The number of rotatable bonds is 4. The van der Waals surface area contributed by atoms with Crippen LogP contribution in [-0.2, 0) is 9.59 Å². The Balaban J connectivity index is 1.47. The fourth-order valence-electron chi connectivity index (χ4n) is 5.92. The number of hydrogen-bond acceptors (Lipinski definition) is 5. The van der Waals surface area contributed by atoms with Gasteiger partial charge in [0.2, 0.25) is 11.8 Å². The molecule has 2 amide bonds. The molecule has 0 N–H and O–H groups in total. The Morgan fingerprint density at radius 2 is 1.66 bits per heavy atom.